The smallest absolute Gasteiger partial charge is 0.261 e. The van der Waals surface area contributed by atoms with Gasteiger partial charge in [0.05, 0.1) is 9.79 Å². The minimum Gasteiger partial charge on any atom is -0.484 e. The van der Waals surface area contributed by atoms with E-state index in [0.717, 1.165) is 24.0 Å². The Bertz CT molecular complexity index is 1430. The fourth-order valence-electron chi connectivity index (χ4n) is 3.81. The van der Waals surface area contributed by atoms with Crippen molar-refractivity contribution in [1.82, 2.24) is 9.62 Å². The van der Waals surface area contributed by atoms with Crippen LogP contribution in [0.5, 0.6) is 5.75 Å². The molecule has 2 N–H and O–H groups in total. The van der Waals surface area contributed by atoms with Crippen LogP contribution in [-0.2, 0) is 31.4 Å². The molecule has 1 aliphatic rings. The Morgan fingerprint density at radius 1 is 0.838 bits per heavy atom. The van der Waals surface area contributed by atoms with Gasteiger partial charge in [-0.3, -0.25) is 9.52 Å². The van der Waals surface area contributed by atoms with Crippen LogP contribution >= 0.6 is 0 Å². The maximum Gasteiger partial charge on any atom is 0.261 e. The van der Waals surface area contributed by atoms with Crippen molar-refractivity contribution in [3.8, 4) is 5.75 Å². The van der Waals surface area contributed by atoms with Crippen LogP contribution in [0.2, 0.25) is 0 Å². The minimum absolute atomic E-state index is 0.0695. The first-order valence-electron chi connectivity index (χ1n) is 11.8. The number of nitrogens with one attached hydrogen (secondary N) is 2. The summed E-state index contributed by atoms with van der Waals surface area (Å²) in [7, 11) is -7.23. The summed E-state index contributed by atoms with van der Waals surface area (Å²) in [5.74, 6) is -0.0209. The molecule has 3 aromatic carbocycles. The van der Waals surface area contributed by atoms with Crippen LogP contribution in [0.3, 0.4) is 0 Å². The molecule has 0 bridgehead atoms. The van der Waals surface area contributed by atoms with Gasteiger partial charge in [0.1, 0.15) is 5.75 Å². The Hall–Kier alpha value is -3.41. The Morgan fingerprint density at radius 2 is 1.43 bits per heavy atom. The van der Waals surface area contributed by atoms with E-state index < -0.39 is 20.0 Å². The van der Waals surface area contributed by atoms with E-state index in [9.17, 15) is 21.6 Å². The predicted molar refractivity (Wildman–Crippen MR) is 140 cm³/mol. The van der Waals surface area contributed by atoms with Crippen LogP contribution in [0, 0.1) is 6.92 Å². The number of carbonyl (C=O) groups is 1. The maximum atomic E-state index is 12.6. The van der Waals surface area contributed by atoms with Crippen molar-refractivity contribution >= 4 is 31.6 Å². The molecular weight excluding hydrogens is 514 g/mol. The molecule has 0 unspecified atom stereocenters. The second-order valence-corrected chi connectivity index (χ2v) is 12.4. The number of nitrogens with zero attached hydrogens (tertiary/aromatic N) is 1. The number of amides is 1. The van der Waals surface area contributed by atoms with Gasteiger partial charge in [-0.05, 0) is 73.9 Å². The van der Waals surface area contributed by atoms with E-state index in [1.165, 1.54) is 28.6 Å². The molecular formula is C26H29N3O6S2. The lowest BCUT2D eigenvalue weighted by molar-refractivity contribution is -0.123. The van der Waals surface area contributed by atoms with E-state index in [1.807, 2.05) is 19.1 Å². The summed E-state index contributed by atoms with van der Waals surface area (Å²) in [6, 6.07) is 19.2. The lowest BCUT2D eigenvalue weighted by Gasteiger charge is -2.15. The summed E-state index contributed by atoms with van der Waals surface area (Å²) < 4.78 is 59.8. The van der Waals surface area contributed by atoms with Crippen molar-refractivity contribution < 1.29 is 26.4 Å². The molecule has 0 atom stereocenters. The molecule has 1 aliphatic heterocycles. The zero-order chi connectivity index (χ0) is 26.5. The third kappa shape index (κ3) is 6.88. The van der Waals surface area contributed by atoms with E-state index in [1.54, 1.807) is 36.4 Å². The number of hydrogen-bond acceptors (Lipinski definition) is 6. The van der Waals surface area contributed by atoms with Crippen molar-refractivity contribution in [1.29, 1.82) is 0 Å². The van der Waals surface area contributed by atoms with Gasteiger partial charge in [-0.25, -0.2) is 16.8 Å². The van der Waals surface area contributed by atoms with Crippen LogP contribution in [0.4, 0.5) is 5.69 Å². The van der Waals surface area contributed by atoms with E-state index in [2.05, 4.69) is 10.0 Å². The number of benzene rings is 3. The van der Waals surface area contributed by atoms with Crippen molar-refractivity contribution in [2.45, 2.75) is 36.1 Å². The van der Waals surface area contributed by atoms with Gasteiger partial charge in [-0.15, -0.1) is 0 Å². The number of rotatable bonds is 10. The molecule has 11 heteroatoms. The monoisotopic (exact) mass is 543 g/mol. The Kier molecular flexibility index (Phi) is 8.16. The SMILES string of the molecule is Cc1ccc(NS(=O)(=O)c2ccc(OCC(=O)NCc3ccc(S(=O)(=O)N4CCCC4)cc3)cc2)cc1. The molecule has 9 nitrogen and oxygen atoms in total. The van der Waals surface area contributed by atoms with Gasteiger partial charge in [0.25, 0.3) is 15.9 Å². The average Bonchev–Trinajstić information content (AvgIpc) is 3.44. The van der Waals surface area contributed by atoms with Crippen molar-refractivity contribution in [2.24, 2.45) is 0 Å². The van der Waals surface area contributed by atoms with Gasteiger partial charge in [0.15, 0.2) is 6.61 Å². The summed E-state index contributed by atoms with van der Waals surface area (Å²) in [6.45, 7) is 2.97. The standard InChI is InChI=1S/C26H29N3O6S2/c1-20-4-8-22(9-5-20)28-36(31,32)24-14-10-23(11-15-24)35-19-26(30)27-18-21-6-12-25(13-7-21)37(33,34)29-16-2-3-17-29/h4-15,28H,2-3,16-19H2,1H3,(H,27,30). The topological polar surface area (TPSA) is 122 Å². The number of anilines is 1. The van der Waals surface area contributed by atoms with E-state index in [-0.39, 0.29) is 28.8 Å². The van der Waals surface area contributed by atoms with E-state index in [4.69, 9.17) is 4.74 Å². The molecule has 196 valence electrons. The van der Waals surface area contributed by atoms with Crippen LogP contribution in [0.25, 0.3) is 0 Å². The molecule has 0 aliphatic carbocycles. The normalized spacial score (nSPS) is 14.3. The lowest BCUT2D eigenvalue weighted by Crippen LogP contribution is -2.29. The highest BCUT2D eigenvalue weighted by Crippen LogP contribution is 2.22. The van der Waals surface area contributed by atoms with E-state index >= 15 is 0 Å². The summed E-state index contributed by atoms with van der Waals surface area (Å²) in [5, 5.41) is 2.72. The molecule has 1 heterocycles. The number of carbonyl (C=O) groups excluding carboxylic acids is 1. The third-order valence-electron chi connectivity index (χ3n) is 5.92. The summed E-state index contributed by atoms with van der Waals surface area (Å²) >= 11 is 0. The maximum absolute atomic E-state index is 12.6. The second kappa shape index (κ2) is 11.3. The summed E-state index contributed by atoms with van der Waals surface area (Å²) in [4.78, 5) is 12.5. The highest BCUT2D eigenvalue weighted by atomic mass is 32.2. The molecule has 0 saturated carbocycles. The van der Waals surface area contributed by atoms with Gasteiger partial charge in [-0.1, -0.05) is 29.8 Å². The lowest BCUT2D eigenvalue weighted by atomic mass is 10.2. The van der Waals surface area contributed by atoms with Crippen molar-refractivity contribution in [3.05, 3.63) is 83.9 Å². The Morgan fingerprint density at radius 3 is 2.05 bits per heavy atom. The molecule has 37 heavy (non-hydrogen) atoms. The number of ether oxygens (including phenoxy) is 1. The number of aryl methyl sites for hydroxylation is 1. The highest BCUT2D eigenvalue weighted by molar-refractivity contribution is 7.92. The summed E-state index contributed by atoms with van der Waals surface area (Å²) in [5.41, 5.74) is 2.24. The van der Waals surface area contributed by atoms with Gasteiger partial charge in [0, 0.05) is 25.3 Å². The van der Waals surface area contributed by atoms with Gasteiger partial charge in [0.2, 0.25) is 10.0 Å². The zero-order valence-corrected chi connectivity index (χ0v) is 22.0. The Balaban J connectivity index is 1.25. The third-order valence-corrected chi connectivity index (χ3v) is 9.23. The molecule has 1 amide bonds. The van der Waals surface area contributed by atoms with Crippen molar-refractivity contribution in [2.75, 3.05) is 24.4 Å². The quantitative estimate of drug-likeness (QED) is 0.405. The van der Waals surface area contributed by atoms with Crippen molar-refractivity contribution in [3.63, 3.8) is 0 Å². The first-order valence-corrected chi connectivity index (χ1v) is 14.7. The molecule has 3 aromatic rings. The summed E-state index contributed by atoms with van der Waals surface area (Å²) in [6.07, 6.45) is 1.75. The van der Waals surface area contributed by atoms with Gasteiger partial charge in [-0.2, -0.15) is 4.31 Å². The zero-order valence-electron chi connectivity index (χ0n) is 20.4. The van der Waals surface area contributed by atoms with Crippen LogP contribution < -0.4 is 14.8 Å². The first kappa shape index (κ1) is 26.6. The fraction of sp³-hybridized carbons (Fsp3) is 0.269. The molecule has 4 rings (SSSR count). The average molecular weight is 544 g/mol. The molecule has 1 saturated heterocycles. The Labute approximate surface area is 217 Å². The number of sulfonamides is 2. The van der Waals surface area contributed by atoms with Crippen LogP contribution in [-0.4, -0.2) is 46.7 Å². The number of hydrogen-bond donors (Lipinski definition) is 2. The van der Waals surface area contributed by atoms with Gasteiger partial charge >= 0.3 is 0 Å². The second-order valence-electron chi connectivity index (χ2n) is 8.76. The minimum atomic E-state index is -3.76. The van der Waals surface area contributed by atoms with E-state index in [0.29, 0.717) is 24.5 Å². The van der Waals surface area contributed by atoms with Gasteiger partial charge < -0.3 is 10.1 Å². The molecule has 0 aromatic heterocycles. The van der Waals surface area contributed by atoms with Crippen LogP contribution in [0.15, 0.2) is 82.6 Å². The first-order chi connectivity index (χ1) is 17.6. The highest BCUT2D eigenvalue weighted by Gasteiger charge is 2.26. The predicted octanol–water partition coefficient (Wildman–Crippen LogP) is 3.28. The largest absolute Gasteiger partial charge is 0.484 e. The van der Waals surface area contributed by atoms with Crippen LogP contribution in [0.1, 0.15) is 24.0 Å². The molecule has 1 fully saturated rings. The molecule has 0 radical (unpaired) electrons. The fourth-order valence-corrected chi connectivity index (χ4v) is 6.38. The molecule has 0 spiro atoms.